The van der Waals surface area contributed by atoms with E-state index in [1.807, 2.05) is 16.2 Å². The Bertz CT molecular complexity index is 1030. The summed E-state index contributed by atoms with van der Waals surface area (Å²) in [6.45, 7) is 0. The lowest BCUT2D eigenvalue weighted by atomic mass is 10.2. The molecule has 136 valence electrons. The topological polar surface area (TPSA) is 144 Å². The van der Waals surface area contributed by atoms with E-state index >= 15 is 0 Å². The molecular weight excluding hydrogens is 356 g/mol. The molecule has 2 aromatic carbocycles. The molecule has 1 aromatic heterocycles. The Morgan fingerprint density at radius 3 is 2.37 bits per heavy atom. The van der Waals surface area contributed by atoms with Crippen LogP contribution in [0.4, 0.5) is 10.5 Å². The Hall–Kier alpha value is -4.21. The molecule has 0 aliphatic carbocycles. The first-order chi connectivity index (χ1) is 13.0. The molecule has 0 aliphatic heterocycles. The van der Waals surface area contributed by atoms with Gasteiger partial charge in [-0.1, -0.05) is 30.3 Å². The van der Waals surface area contributed by atoms with Crippen LogP contribution in [0, 0.1) is 10.1 Å². The molecule has 10 nitrogen and oxygen atoms in total. The molecule has 0 bridgehead atoms. The Balaban J connectivity index is 1.60. The van der Waals surface area contributed by atoms with Crippen LogP contribution >= 0.6 is 0 Å². The summed E-state index contributed by atoms with van der Waals surface area (Å²) in [5.41, 5.74) is 3.75. The smallest absolute Gasteiger partial charge is 0.340 e. The fraction of sp³-hybridized carbons (Fsp3) is 0. The van der Waals surface area contributed by atoms with Gasteiger partial charge in [-0.2, -0.15) is 0 Å². The summed E-state index contributed by atoms with van der Waals surface area (Å²) >= 11 is 0. The second-order valence-electron chi connectivity index (χ2n) is 5.29. The fourth-order valence-electron chi connectivity index (χ4n) is 2.30. The van der Waals surface area contributed by atoms with Crippen LogP contribution in [0.5, 0.6) is 0 Å². The molecule has 3 aromatic rings. The zero-order valence-electron chi connectivity index (χ0n) is 13.6. The predicted octanol–water partition coefficient (Wildman–Crippen LogP) is 2.13. The van der Waals surface area contributed by atoms with Gasteiger partial charge in [-0.25, -0.2) is 10.2 Å². The molecule has 0 aliphatic rings. The minimum absolute atomic E-state index is 0.0867. The van der Waals surface area contributed by atoms with E-state index in [0.717, 1.165) is 6.07 Å². The molecule has 0 atom stereocenters. The molecule has 0 saturated carbocycles. The highest BCUT2D eigenvalue weighted by molar-refractivity contribution is 6.05. The molecule has 1 heterocycles. The van der Waals surface area contributed by atoms with Crippen molar-refractivity contribution in [2.75, 3.05) is 0 Å². The predicted molar refractivity (Wildman–Crippen MR) is 92.8 cm³/mol. The summed E-state index contributed by atoms with van der Waals surface area (Å²) in [5.74, 6) is -1.81. The van der Waals surface area contributed by atoms with Crippen molar-refractivity contribution in [2.24, 2.45) is 0 Å². The molecule has 0 fully saturated rings. The molecule has 3 rings (SSSR count). The maximum Gasteiger partial charge on any atom is 0.340 e. The first-order valence-electron chi connectivity index (χ1n) is 7.59. The van der Waals surface area contributed by atoms with Gasteiger partial charge in [-0.15, -0.1) is 0 Å². The van der Waals surface area contributed by atoms with Crippen molar-refractivity contribution in [3.05, 3.63) is 76.0 Å². The van der Waals surface area contributed by atoms with Crippen molar-refractivity contribution in [3.8, 4) is 0 Å². The van der Waals surface area contributed by atoms with E-state index in [0.29, 0.717) is 11.0 Å². The molecule has 0 unspecified atom stereocenters. The number of nitro benzene ring substituents is 1. The van der Waals surface area contributed by atoms with Gasteiger partial charge in [0, 0.05) is 11.5 Å². The summed E-state index contributed by atoms with van der Waals surface area (Å²) in [6.07, 6.45) is 0. The molecule has 3 N–H and O–H groups in total. The number of fused-ring (bicyclic) bond motifs is 1. The Morgan fingerprint density at radius 1 is 0.926 bits per heavy atom. The van der Waals surface area contributed by atoms with Gasteiger partial charge in [-0.05, 0) is 18.2 Å². The number of nitrogens with one attached hydrogen (secondary N) is 3. The second kappa shape index (κ2) is 7.35. The van der Waals surface area contributed by atoms with Crippen LogP contribution in [0.15, 0.2) is 59.0 Å². The van der Waals surface area contributed by atoms with E-state index in [9.17, 15) is 24.5 Å². The first-order valence-corrected chi connectivity index (χ1v) is 7.59. The van der Waals surface area contributed by atoms with Crippen molar-refractivity contribution in [2.45, 2.75) is 0 Å². The number of carbonyl (C=O) groups is 3. The SMILES string of the molecule is O=C(NNC(=O)c1ccccc1[N+](=O)[O-])NC(=O)c1cc2ccccc2o1. The highest BCUT2D eigenvalue weighted by Gasteiger charge is 2.20. The second-order valence-corrected chi connectivity index (χ2v) is 5.29. The Labute approximate surface area is 151 Å². The summed E-state index contributed by atoms with van der Waals surface area (Å²) < 4.78 is 5.31. The van der Waals surface area contributed by atoms with Crippen LogP contribution < -0.4 is 16.2 Å². The number of imide groups is 1. The van der Waals surface area contributed by atoms with Gasteiger partial charge in [0.15, 0.2) is 5.76 Å². The molecule has 0 saturated heterocycles. The van der Waals surface area contributed by atoms with Crippen LogP contribution in [0.2, 0.25) is 0 Å². The number of hydrazine groups is 1. The van der Waals surface area contributed by atoms with Gasteiger partial charge in [0.05, 0.1) is 4.92 Å². The van der Waals surface area contributed by atoms with E-state index in [1.165, 1.54) is 24.3 Å². The van der Waals surface area contributed by atoms with Gasteiger partial charge < -0.3 is 4.42 Å². The quantitative estimate of drug-likeness (QED) is 0.477. The average molecular weight is 368 g/mol. The number of benzene rings is 2. The van der Waals surface area contributed by atoms with Gasteiger partial charge in [0.25, 0.3) is 17.5 Å². The monoisotopic (exact) mass is 368 g/mol. The number of amides is 4. The number of furan rings is 1. The molecule has 27 heavy (non-hydrogen) atoms. The van der Waals surface area contributed by atoms with E-state index in [2.05, 4.69) is 0 Å². The first kappa shape index (κ1) is 17.6. The van der Waals surface area contributed by atoms with Crippen LogP contribution in [-0.2, 0) is 0 Å². The lowest BCUT2D eigenvalue weighted by molar-refractivity contribution is -0.385. The zero-order valence-corrected chi connectivity index (χ0v) is 13.6. The minimum atomic E-state index is -1.03. The number of rotatable bonds is 3. The van der Waals surface area contributed by atoms with E-state index < -0.39 is 28.5 Å². The summed E-state index contributed by atoms with van der Waals surface area (Å²) in [5, 5.41) is 13.6. The van der Waals surface area contributed by atoms with Crippen LogP contribution in [0.25, 0.3) is 11.0 Å². The van der Waals surface area contributed by atoms with Gasteiger partial charge >= 0.3 is 6.03 Å². The number of urea groups is 1. The van der Waals surface area contributed by atoms with E-state index in [1.54, 1.807) is 24.3 Å². The third-order valence-corrected chi connectivity index (χ3v) is 3.51. The molecule has 0 radical (unpaired) electrons. The van der Waals surface area contributed by atoms with E-state index in [4.69, 9.17) is 4.42 Å². The van der Waals surface area contributed by atoms with Gasteiger partial charge in [0.1, 0.15) is 11.1 Å². The number of carbonyl (C=O) groups excluding carboxylic acids is 3. The van der Waals surface area contributed by atoms with Crippen LogP contribution in [0.3, 0.4) is 0 Å². The molecular formula is C17H12N4O6. The average Bonchev–Trinajstić information content (AvgIpc) is 3.10. The lowest BCUT2D eigenvalue weighted by Gasteiger charge is -2.07. The van der Waals surface area contributed by atoms with E-state index in [-0.39, 0.29) is 11.3 Å². The number of nitrogens with zero attached hydrogens (tertiary/aromatic N) is 1. The van der Waals surface area contributed by atoms with Gasteiger partial charge in [-0.3, -0.25) is 30.4 Å². The van der Waals surface area contributed by atoms with Crippen molar-refractivity contribution in [3.63, 3.8) is 0 Å². The van der Waals surface area contributed by atoms with Crippen molar-refractivity contribution < 1.29 is 23.7 Å². The van der Waals surface area contributed by atoms with Gasteiger partial charge in [0.2, 0.25) is 0 Å². The zero-order chi connectivity index (χ0) is 19.4. The molecule has 4 amide bonds. The number of nitro groups is 1. The normalized spacial score (nSPS) is 10.2. The molecule has 0 spiro atoms. The number of hydrogen-bond donors (Lipinski definition) is 3. The maximum atomic E-state index is 12.0. The third kappa shape index (κ3) is 3.90. The Morgan fingerprint density at radius 2 is 1.63 bits per heavy atom. The highest BCUT2D eigenvalue weighted by Crippen LogP contribution is 2.18. The third-order valence-electron chi connectivity index (χ3n) is 3.51. The maximum absolute atomic E-state index is 12.0. The number of para-hydroxylation sites is 2. The standard InChI is InChI=1S/C17H12N4O6/c22-15(11-6-2-3-7-12(11)21(25)26)19-20-17(24)18-16(23)14-9-10-5-1-4-8-13(10)27-14/h1-9H,(H,19,22)(H2,18,20,23,24). The Kier molecular flexibility index (Phi) is 4.79. The minimum Gasteiger partial charge on any atom is -0.451 e. The summed E-state index contributed by atoms with van der Waals surface area (Å²) in [7, 11) is 0. The lowest BCUT2D eigenvalue weighted by Crippen LogP contribution is -2.48. The fourth-order valence-corrected chi connectivity index (χ4v) is 2.30. The van der Waals surface area contributed by atoms with Crippen LogP contribution in [-0.4, -0.2) is 22.8 Å². The summed E-state index contributed by atoms with van der Waals surface area (Å²) in [6, 6.07) is 12.6. The van der Waals surface area contributed by atoms with Crippen molar-refractivity contribution in [1.82, 2.24) is 16.2 Å². The molecule has 10 heteroatoms. The van der Waals surface area contributed by atoms with Crippen LogP contribution in [0.1, 0.15) is 20.9 Å². The van der Waals surface area contributed by atoms with Crippen molar-refractivity contribution >= 4 is 34.5 Å². The number of hydrogen-bond acceptors (Lipinski definition) is 6. The summed E-state index contributed by atoms with van der Waals surface area (Å²) in [4.78, 5) is 46.0. The highest BCUT2D eigenvalue weighted by atomic mass is 16.6. The van der Waals surface area contributed by atoms with Crippen molar-refractivity contribution in [1.29, 1.82) is 0 Å². The largest absolute Gasteiger partial charge is 0.451 e.